The molecular formula is C10H22N2O. The Morgan fingerprint density at radius 2 is 1.85 bits per heavy atom. The maximum Gasteiger partial charge on any atom is 0.223 e. The van der Waals surface area contributed by atoms with Gasteiger partial charge in [-0.05, 0) is 19.3 Å². The van der Waals surface area contributed by atoms with Crippen LogP contribution in [0.4, 0.5) is 0 Å². The standard InChI is InChI=1S/C10H22N2O/c1-7(2)9(4)10(13)12-6-5-8(3)11/h7-9H,5-6,11H2,1-4H3,(H,12,13). The molecule has 0 aliphatic carbocycles. The van der Waals surface area contributed by atoms with Crippen molar-refractivity contribution in [3.8, 4) is 0 Å². The molecule has 0 heterocycles. The summed E-state index contributed by atoms with van der Waals surface area (Å²) < 4.78 is 0. The van der Waals surface area contributed by atoms with Crippen molar-refractivity contribution in [3.63, 3.8) is 0 Å². The van der Waals surface area contributed by atoms with Crippen LogP contribution >= 0.6 is 0 Å². The second kappa shape index (κ2) is 5.97. The van der Waals surface area contributed by atoms with Crippen molar-refractivity contribution in [2.75, 3.05) is 6.54 Å². The monoisotopic (exact) mass is 186 g/mol. The number of amides is 1. The summed E-state index contributed by atoms with van der Waals surface area (Å²) in [6.07, 6.45) is 0.844. The summed E-state index contributed by atoms with van der Waals surface area (Å²) in [6.45, 7) is 8.68. The van der Waals surface area contributed by atoms with Crippen LogP contribution in [0.2, 0.25) is 0 Å². The van der Waals surface area contributed by atoms with Crippen LogP contribution in [0, 0.1) is 11.8 Å². The van der Waals surface area contributed by atoms with Crippen LogP contribution in [0.25, 0.3) is 0 Å². The van der Waals surface area contributed by atoms with Gasteiger partial charge in [0.05, 0.1) is 0 Å². The Labute approximate surface area is 81.1 Å². The van der Waals surface area contributed by atoms with Crippen molar-refractivity contribution in [1.82, 2.24) is 5.32 Å². The fraction of sp³-hybridized carbons (Fsp3) is 0.900. The summed E-state index contributed by atoms with van der Waals surface area (Å²) in [5.41, 5.74) is 5.56. The van der Waals surface area contributed by atoms with Crippen molar-refractivity contribution in [2.24, 2.45) is 17.6 Å². The van der Waals surface area contributed by atoms with Gasteiger partial charge in [0.15, 0.2) is 0 Å². The molecule has 0 saturated carbocycles. The summed E-state index contributed by atoms with van der Waals surface area (Å²) in [5.74, 6) is 0.624. The van der Waals surface area contributed by atoms with E-state index in [0.717, 1.165) is 6.42 Å². The number of carbonyl (C=O) groups excluding carboxylic acids is 1. The van der Waals surface area contributed by atoms with E-state index in [0.29, 0.717) is 12.5 Å². The van der Waals surface area contributed by atoms with Crippen molar-refractivity contribution in [3.05, 3.63) is 0 Å². The molecule has 0 rings (SSSR count). The van der Waals surface area contributed by atoms with E-state index in [1.54, 1.807) is 0 Å². The van der Waals surface area contributed by atoms with Crippen molar-refractivity contribution in [1.29, 1.82) is 0 Å². The van der Waals surface area contributed by atoms with Gasteiger partial charge >= 0.3 is 0 Å². The number of hydrogen-bond acceptors (Lipinski definition) is 2. The zero-order valence-corrected chi connectivity index (χ0v) is 9.13. The number of carbonyl (C=O) groups is 1. The van der Waals surface area contributed by atoms with E-state index < -0.39 is 0 Å². The molecule has 3 N–H and O–H groups in total. The first kappa shape index (κ1) is 12.4. The Bertz CT molecular complexity index is 155. The first-order valence-electron chi connectivity index (χ1n) is 4.98. The van der Waals surface area contributed by atoms with E-state index in [1.807, 2.05) is 13.8 Å². The first-order valence-corrected chi connectivity index (χ1v) is 4.98. The van der Waals surface area contributed by atoms with Gasteiger partial charge in [0, 0.05) is 18.5 Å². The molecule has 0 fully saturated rings. The summed E-state index contributed by atoms with van der Waals surface area (Å²) in [5, 5.41) is 2.88. The van der Waals surface area contributed by atoms with E-state index in [9.17, 15) is 4.79 Å². The number of hydrogen-bond donors (Lipinski definition) is 2. The van der Waals surface area contributed by atoms with Crippen LogP contribution < -0.4 is 11.1 Å². The van der Waals surface area contributed by atoms with Gasteiger partial charge in [-0.2, -0.15) is 0 Å². The molecule has 13 heavy (non-hydrogen) atoms. The molecule has 1 amide bonds. The Balaban J connectivity index is 3.62. The van der Waals surface area contributed by atoms with Crippen LogP contribution in [0.3, 0.4) is 0 Å². The number of nitrogens with two attached hydrogens (primary N) is 1. The third kappa shape index (κ3) is 5.64. The smallest absolute Gasteiger partial charge is 0.223 e. The molecule has 0 spiro atoms. The Kier molecular flexibility index (Phi) is 5.71. The lowest BCUT2D eigenvalue weighted by atomic mass is 9.97. The summed E-state index contributed by atoms with van der Waals surface area (Å²) >= 11 is 0. The van der Waals surface area contributed by atoms with Gasteiger partial charge in [-0.15, -0.1) is 0 Å². The van der Waals surface area contributed by atoms with E-state index in [4.69, 9.17) is 5.73 Å². The Morgan fingerprint density at radius 3 is 2.23 bits per heavy atom. The topological polar surface area (TPSA) is 55.1 Å². The summed E-state index contributed by atoms with van der Waals surface area (Å²) in [4.78, 5) is 11.4. The quantitative estimate of drug-likeness (QED) is 0.676. The summed E-state index contributed by atoms with van der Waals surface area (Å²) in [6, 6.07) is 0.162. The molecule has 2 atom stereocenters. The van der Waals surface area contributed by atoms with E-state index >= 15 is 0 Å². The maximum atomic E-state index is 11.4. The molecule has 0 aliphatic heterocycles. The lowest BCUT2D eigenvalue weighted by Gasteiger charge is -2.15. The lowest BCUT2D eigenvalue weighted by molar-refractivity contribution is -0.125. The average Bonchev–Trinajstić information content (AvgIpc) is 2.02. The van der Waals surface area contributed by atoms with E-state index in [-0.39, 0.29) is 17.9 Å². The summed E-state index contributed by atoms with van der Waals surface area (Å²) in [7, 11) is 0. The molecule has 0 radical (unpaired) electrons. The lowest BCUT2D eigenvalue weighted by Crippen LogP contribution is -2.34. The SMILES string of the molecule is CC(N)CCNC(=O)C(C)C(C)C. The third-order valence-corrected chi connectivity index (χ3v) is 2.31. The van der Waals surface area contributed by atoms with Crippen LogP contribution in [0.5, 0.6) is 0 Å². The Morgan fingerprint density at radius 1 is 1.31 bits per heavy atom. The van der Waals surface area contributed by atoms with Crippen molar-refractivity contribution < 1.29 is 4.79 Å². The minimum Gasteiger partial charge on any atom is -0.356 e. The predicted octanol–water partition coefficient (Wildman–Crippen LogP) is 1.13. The minimum atomic E-state index is 0.0908. The fourth-order valence-corrected chi connectivity index (χ4v) is 0.887. The normalized spacial score (nSPS) is 15.5. The second-order valence-electron chi connectivity index (χ2n) is 4.09. The minimum absolute atomic E-state index is 0.0908. The van der Waals surface area contributed by atoms with Gasteiger partial charge in [0.25, 0.3) is 0 Å². The van der Waals surface area contributed by atoms with Crippen molar-refractivity contribution >= 4 is 5.91 Å². The van der Waals surface area contributed by atoms with Crippen molar-refractivity contribution in [2.45, 2.75) is 40.2 Å². The van der Waals surface area contributed by atoms with Crippen LogP contribution in [-0.4, -0.2) is 18.5 Å². The second-order valence-corrected chi connectivity index (χ2v) is 4.09. The first-order chi connectivity index (χ1) is 5.95. The van der Waals surface area contributed by atoms with Crippen LogP contribution in [0.1, 0.15) is 34.1 Å². The fourth-order valence-electron chi connectivity index (χ4n) is 0.887. The molecule has 78 valence electrons. The molecular weight excluding hydrogens is 164 g/mol. The molecule has 3 nitrogen and oxygen atoms in total. The van der Waals surface area contributed by atoms with Gasteiger partial charge < -0.3 is 11.1 Å². The zero-order chi connectivity index (χ0) is 10.4. The van der Waals surface area contributed by atoms with Gasteiger partial charge in [-0.3, -0.25) is 4.79 Å². The molecule has 0 aromatic heterocycles. The molecule has 0 aromatic rings. The number of nitrogens with one attached hydrogen (secondary N) is 1. The van der Waals surface area contributed by atoms with Gasteiger partial charge in [0.2, 0.25) is 5.91 Å². The predicted molar refractivity (Wildman–Crippen MR) is 55.3 cm³/mol. The maximum absolute atomic E-state index is 11.4. The average molecular weight is 186 g/mol. The molecule has 0 aromatic carbocycles. The molecule has 0 bridgehead atoms. The zero-order valence-electron chi connectivity index (χ0n) is 9.13. The largest absolute Gasteiger partial charge is 0.356 e. The van der Waals surface area contributed by atoms with Gasteiger partial charge in [-0.25, -0.2) is 0 Å². The van der Waals surface area contributed by atoms with Crippen LogP contribution in [-0.2, 0) is 4.79 Å². The highest BCUT2D eigenvalue weighted by atomic mass is 16.1. The highest BCUT2D eigenvalue weighted by Gasteiger charge is 2.15. The van der Waals surface area contributed by atoms with Gasteiger partial charge in [-0.1, -0.05) is 20.8 Å². The third-order valence-electron chi connectivity index (χ3n) is 2.31. The van der Waals surface area contributed by atoms with E-state index in [2.05, 4.69) is 19.2 Å². The number of rotatable bonds is 5. The molecule has 2 unspecified atom stereocenters. The Hall–Kier alpha value is -0.570. The molecule has 0 aliphatic rings. The van der Waals surface area contributed by atoms with Crippen LogP contribution in [0.15, 0.2) is 0 Å². The highest BCUT2D eigenvalue weighted by Crippen LogP contribution is 2.08. The van der Waals surface area contributed by atoms with E-state index in [1.165, 1.54) is 0 Å². The molecule has 3 heteroatoms. The van der Waals surface area contributed by atoms with Gasteiger partial charge in [0.1, 0.15) is 0 Å². The highest BCUT2D eigenvalue weighted by molar-refractivity contribution is 5.78. The molecule has 0 saturated heterocycles.